The minimum atomic E-state index is -1.27. The van der Waals surface area contributed by atoms with Crippen molar-refractivity contribution in [3.63, 3.8) is 0 Å². The zero-order valence-corrected chi connectivity index (χ0v) is 12.6. The van der Waals surface area contributed by atoms with Gasteiger partial charge in [-0.1, -0.05) is 20.8 Å². The van der Waals surface area contributed by atoms with Crippen LogP contribution in [0, 0.1) is 0 Å². The Balaban J connectivity index is 3.49. The molecule has 0 aromatic heterocycles. The number of rotatable bonds is 3. The second-order valence-corrected chi connectivity index (χ2v) is 6.48. The lowest BCUT2D eigenvalue weighted by molar-refractivity contribution is 0.208. The molecule has 1 atom stereocenters. The normalized spacial score (nSPS) is 12.9. The van der Waals surface area contributed by atoms with E-state index in [1.807, 2.05) is 20.8 Å². The van der Waals surface area contributed by atoms with Crippen LogP contribution in [-0.4, -0.2) is 24.0 Å². The van der Waals surface area contributed by atoms with Gasteiger partial charge in [0, 0.05) is 6.07 Å². The predicted molar refractivity (Wildman–Crippen MR) is 74.2 cm³/mol. The summed E-state index contributed by atoms with van der Waals surface area (Å²) in [5.41, 5.74) is 5.74. The molecule has 0 aliphatic rings. The second-order valence-electron chi connectivity index (χ2n) is 5.13. The van der Waals surface area contributed by atoms with Crippen molar-refractivity contribution in [2.24, 2.45) is 5.73 Å². The SMILES string of the molecule is COc1c(OC(N)=O)cc(C(C)(C)C)cc1[S+](C)[O-]. The van der Waals surface area contributed by atoms with Gasteiger partial charge in [-0.05, 0) is 28.2 Å². The molecule has 0 aliphatic heterocycles. The molecule has 0 bridgehead atoms. The summed E-state index contributed by atoms with van der Waals surface area (Å²) in [6.07, 6.45) is 0.607. The first-order valence-corrected chi connectivity index (χ1v) is 7.26. The van der Waals surface area contributed by atoms with Gasteiger partial charge in [0.25, 0.3) is 0 Å². The van der Waals surface area contributed by atoms with E-state index in [0.29, 0.717) is 4.90 Å². The maximum Gasteiger partial charge on any atom is 0.410 e. The van der Waals surface area contributed by atoms with Crippen LogP contribution in [0.2, 0.25) is 0 Å². The number of hydrogen-bond acceptors (Lipinski definition) is 4. The fraction of sp³-hybridized carbons (Fsp3) is 0.462. The molecule has 1 unspecified atom stereocenters. The highest BCUT2D eigenvalue weighted by Crippen LogP contribution is 2.39. The molecule has 0 saturated carbocycles. The molecule has 0 spiro atoms. The lowest BCUT2D eigenvalue weighted by Gasteiger charge is -2.22. The minimum Gasteiger partial charge on any atom is -0.612 e. The van der Waals surface area contributed by atoms with Gasteiger partial charge in [-0.2, -0.15) is 0 Å². The van der Waals surface area contributed by atoms with Gasteiger partial charge in [-0.3, -0.25) is 0 Å². The van der Waals surface area contributed by atoms with Gasteiger partial charge in [0.1, 0.15) is 6.26 Å². The summed E-state index contributed by atoms with van der Waals surface area (Å²) in [4.78, 5) is 11.4. The Morgan fingerprint density at radius 1 is 1.37 bits per heavy atom. The first kappa shape index (κ1) is 15.7. The van der Waals surface area contributed by atoms with Gasteiger partial charge in [0.05, 0.1) is 7.11 Å². The number of methoxy groups -OCH3 is 1. The standard InChI is InChI=1S/C13H19NO4S/c1-13(2,3)8-6-9(18-12(14)15)11(17-4)10(7-8)19(5)16/h6-7H,1-5H3,(H2,14,15). The third-order valence-electron chi connectivity index (χ3n) is 2.61. The number of nitrogens with two attached hydrogens (primary N) is 1. The van der Waals surface area contributed by atoms with E-state index in [2.05, 4.69) is 0 Å². The fourth-order valence-electron chi connectivity index (χ4n) is 1.61. The van der Waals surface area contributed by atoms with E-state index in [4.69, 9.17) is 15.2 Å². The number of amides is 1. The van der Waals surface area contributed by atoms with Gasteiger partial charge in [-0.25, -0.2) is 4.79 Å². The van der Waals surface area contributed by atoms with Crippen LogP contribution < -0.4 is 15.2 Å². The summed E-state index contributed by atoms with van der Waals surface area (Å²) in [5.74, 6) is 0.459. The third kappa shape index (κ3) is 3.78. The first-order valence-electron chi connectivity index (χ1n) is 5.70. The van der Waals surface area contributed by atoms with Gasteiger partial charge in [0.2, 0.25) is 5.75 Å². The van der Waals surface area contributed by atoms with Crippen LogP contribution in [0.3, 0.4) is 0 Å². The number of primary amides is 1. The number of carbonyl (C=O) groups is 1. The molecule has 1 aromatic rings. The summed E-state index contributed by atoms with van der Waals surface area (Å²) < 4.78 is 21.9. The quantitative estimate of drug-likeness (QED) is 0.863. The highest BCUT2D eigenvalue weighted by molar-refractivity contribution is 7.90. The Kier molecular flexibility index (Phi) is 4.70. The average molecular weight is 285 g/mol. The average Bonchev–Trinajstić information content (AvgIpc) is 2.25. The molecule has 0 radical (unpaired) electrons. The van der Waals surface area contributed by atoms with Crippen molar-refractivity contribution in [1.29, 1.82) is 0 Å². The van der Waals surface area contributed by atoms with E-state index in [1.54, 1.807) is 18.4 Å². The minimum absolute atomic E-state index is 0.184. The van der Waals surface area contributed by atoms with Crippen LogP contribution in [0.1, 0.15) is 26.3 Å². The first-order chi connectivity index (χ1) is 8.66. The Morgan fingerprint density at radius 2 is 1.95 bits per heavy atom. The smallest absolute Gasteiger partial charge is 0.410 e. The number of carbonyl (C=O) groups excluding carboxylic acids is 1. The molecule has 1 rings (SSSR count). The van der Waals surface area contributed by atoms with E-state index in [-0.39, 0.29) is 16.9 Å². The molecule has 106 valence electrons. The summed E-state index contributed by atoms with van der Waals surface area (Å²) >= 11 is -1.27. The van der Waals surface area contributed by atoms with E-state index >= 15 is 0 Å². The zero-order valence-electron chi connectivity index (χ0n) is 11.8. The number of hydrogen-bond donors (Lipinski definition) is 1. The van der Waals surface area contributed by atoms with Crippen LogP contribution in [0.25, 0.3) is 0 Å². The third-order valence-corrected chi connectivity index (χ3v) is 3.53. The Bertz CT molecular complexity index is 480. The molecule has 6 heteroatoms. The monoisotopic (exact) mass is 285 g/mol. The highest BCUT2D eigenvalue weighted by atomic mass is 32.2. The Labute approximate surface area is 116 Å². The van der Waals surface area contributed by atoms with E-state index in [1.165, 1.54) is 7.11 Å². The molecule has 0 aliphatic carbocycles. The van der Waals surface area contributed by atoms with Gasteiger partial charge < -0.3 is 19.8 Å². The summed E-state index contributed by atoms with van der Waals surface area (Å²) in [5, 5.41) is 0. The summed E-state index contributed by atoms with van der Waals surface area (Å²) in [6, 6.07) is 3.47. The molecule has 0 saturated heterocycles. The second kappa shape index (κ2) is 5.71. The van der Waals surface area contributed by atoms with Crippen molar-refractivity contribution in [3.05, 3.63) is 17.7 Å². The predicted octanol–water partition coefficient (Wildman–Crippen LogP) is 2.19. The number of ether oxygens (including phenoxy) is 2. The van der Waals surface area contributed by atoms with Gasteiger partial charge in [-0.15, -0.1) is 0 Å². The summed E-state index contributed by atoms with van der Waals surface area (Å²) in [6.45, 7) is 6.02. The highest BCUT2D eigenvalue weighted by Gasteiger charge is 2.25. The van der Waals surface area contributed by atoms with E-state index in [0.717, 1.165) is 5.56 Å². The van der Waals surface area contributed by atoms with E-state index < -0.39 is 17.3 Å². The van der Waals surface area contributed by atoms with Gasteiger partial charge in [0.15, 0.2) is 10.6 Å². The molecule has 0 heterocycles. The Morgan fingerprint density at radius 3 is 2.32 bits per heavy atom. The molecule has 0 fully saturated rings. The maximum atomic E-state index is 11.8. The van der Waals surface area contributed by atoms with Crippen molar-refractivity contribution >= 4 is 17.3 Å². The zero-order chi connectivity index (χ0) is 14.8. The lowest BCUT2D eigenvalue weighted by atomic mass is 9.87. The molecule has 19 heavy (non-hydrogen) atoms. The molecular formula is C13H19NO4S. The van der Waals surface area contributed by atoms with Gasteiger partial charge >= 0.3 is 6.09 Å². The largest absolute Gasteiger partial charge is 0.612 e. The van der Waals surface area contributed by atoms with Crippen LogP contribution in [-0.2, 0) is 16.6 Å². The number of benzene rings is 1. The van der Waals surface area contributed by atoms with Crippen molar-refractivity contribution < 1.29 is 18.8 Å². The molecular weight excluding hydrogens is 266 g/mol. The lowest BCUT2D eigenvalue weighted by Crippen LogP contribution is -2.19. The van der Waals surface area contributed by atoms with Crippen molar-refractivity contribution in [2.45, 2.75) is 31.1 Å². The summed E-state index contributed by atoms with van der Waals surface area (Å²) in [7, 11) is 1.43. The topological polar surface area (TPSA) is 84.6 Å². The van der Waals surface area contributed by atoms with E-state index in [9.17, 15) is 9.35 Å². The van der Waals surface area contributed by atoms with Crippen molar-refractivity contribution in [3.8, 4) is 11.5 Å². The fourth-order valence-corrected chi connectivity index (χ4v) is 2.35. The van der Waals surface area contributed by atoms with Crippen LogP contribution in [0.15, 0.2) is 17.0 Å². The molecule has 5 nitrogen and oxygen atoms in total. The molecule has 1 amide bonds. The van der Waals surface area contributed by atoms with Crippen LogP contribution in [0.4, 0.5) is 4.79 Å². The van der Waals surface area contributed by atoms with Crippen molar-refractivity contribution in [1.82, 2.24) is 0 Å². The van der Waals surface area contributed by atoms with Crippen LogP contribution in [0.5, 0.6) is 11.5 Å². The molecule has 2 N–H and O–H groups in total. The Hall–Kier alpha value is -1.40. The van der Waals surface area contributed by atoms with Crippen LogP contribution >= 0.6 is 0 Å². The molecule has 1 aromatic carbocycles. The maximum absolute atomic E-state index is 11.8. The van der Waals surface area contributed by atoms with Crippen molar-refractivity contribution in [2.75, 3.05) is 13.4 Å².